The molecule has 2 heterocycles. The number of rotatable bonds is 4. The summed E-state index contributed by atoms with van der Waals surface area (Å²) in [5, 5.41) is 9.71. The standard InChI is InChI=1S/C18H14FN3O3S/c1-4-24-18(23)15-9(2)14-16(21-10(3)22-17(14)26-15)25-13-7-5-6-12(19)11(13)8-20/h5-7H,4H2,1-3H3. The zero-order valence-corrected chi connectivity index (χ0v) is 15.1. The van der Waals surface area contributed by atoms with Crippen LogP contribution in [0.25, 0.3) is 10.2 Å². The van der Waals surface area contributed by atoms with Crippen molar-refractivity contribution in [1.29, 1.82) is 5.26 Å². The summed E-state index contributed by atoms with van der Waals surface area (Å²) < 4.78 is 24.6. The second-order valence-corrected chi connectivity index (χ2v) is 6.36. The molecule has 1 aromatic carbocycles. The monoisotopic (exact) mass is 371 g/mol. The van der Waals surface area contributed by atoms with Gasteiger partial charge in [-0.25, -0.2) is 14.2 Å². The van der Waals surface area contributed by atoms with Crippen LogP contribution < -0.4 is 4.74 Å². The van der Waals surface area contributed by atoms with Crippen LogP contribution in [0.4, 0.5) is 4.39 Å². The Morgan fingerprint density at radius 1 is 1.35 bits per heavy atom. The van der Waals surface area contributed by atoms with E-state index in [9.17, 15) is 14.4 Å². The van der Waals surface area contributed by atoms with Gasteiger partial charge < -0.3 is 9.47 Å². The highest BCUT2D eigenvalue weighted by atomic mass is 32.1. The molecule has 3 rings (SSSR count). The molecular weight excluding hydrogens is 357 g/mol. The van der Waals surface area contributed by atoms with Crippen molar-refractivity contribution in [2.24, 2.45) is 0 Å². The summed E-state index contributed by atoms with van der Waals surface area (Å²) in [7, 11) is 0. The van der Waals surface area contributed by atoms with Gasteiger partial charge in [-0.1, -0.05) is 6.07 Å². The first-order chi connectivity index (χ1) is 12.5. The smallest absolute Gasteiger partial charge is 0.348 e. The third kappa shape index (κ3) is 3.09. The van der Waals surface area contributed by atoms with Crippen LogP contribution in [0.2, 0.25) is 0 Å². The molecule has 6 nitrogen and oxygen atoms in total. The van der Waals surface area contributed by atoms with E-state index in [1.54, 1.807) is 26.8 Å². The van der Waals surface area contributed by atoms with Crippen molar-refractivity contribution in [3.05, 3.63) is 45.8 Å². The largest absolute Gasteiger partial charge is 0.462 e. The van der Waals surface area contributed by atoms with Gasteiger partial charge in [0.25, 0.3) is 0 Å². The first-order valence-corrected chi connectivity index (χ1v) is 8.59. The van der Waals surface area contributed by atoms with E-state index >= 15 is 0 Å². The number of hydrogen-bond donors (Lipinski definition) is 0. The van der Waals surface area contributed by atoms with E-state index in [1.807, 2.05) is 0 Å². The van der Waals surface area contributed by atoms with Gasteiger partial charge in [-0.05, 0) is 38.5 Å². The molecule has 0 bridgehead atoms. The molecule has 0 amide bonds. The molecule has 0 N–H and O–H groups in total. The zero-order chi connectivity index (χ0) is 18.8. The summed E-state index contributed by atoms with van der Waals surface area (Å²) in [5.41, 5.74) is 0.406. The first kappa shape index (κ1) is 17.8. The Kier molecular flexibility index (Phi) is 4.82. The SMILES string of the molecule is CCOC(=O)c1sc2nc(C)nc(Oc3cccc(F)c3C#N)c2c1C. The fourth-order valence-electron chi connectivity index (χ4n) is 2.47. The number of nitrogens with zero attached hydrogens (tertiary/aromatic N) is 3. The van der Waals surface area contributed by atoms with Crippen molar-refractivity contribution in [3.8, 4) is 17.7 Å². The van der Waals surface area contributed by atoms with Crippen LogP contribution in [0.1, 0.15) is 33.5 Å². The Labute approximate surface area is 152 Å². The summed E-state index contributed by atoms with van der Waals surface area (Å²) in [6.45, 7) is 5.41. The maximum Gasteiger partial charge on any atom is 0.348 e. The number of benzene rings is 1. The Morgan fingerprint density at radius 3 is 2.81 bits per heavy atom. The summed E-state index contributed by atoms with van der Waals surface area (Å²) in [4.78, 5) is 21.7. The summed E-state index contributed by atoms with van der Waals surface area (Å²) in [5.74, 6) is -0.477. The number of nitriles is 1. The number of fused-ring (bicyclic) bond motifs is 1. The van der Waals surface area contributed by atoms with Gasteiger partial charge in [0.15, 0.2) is 0 Å². The number of aryl methyl sites for hydroxylation is 2. The maximum atomic E-state index is 13.8. The molecule has 0 fully saturated rings. The van der Waals surface area contributed by atoms with Crippen molar-refractivity contribution in [3.63, 3.8) is 0 Å². The van der Waals surface area contributed by atoms with Gasteiger partial charge in [0, 0.05) is 0 Å². The van der Waals surface area contributed by atoms with E-state index in [2.05, 4.69) is 9.97 Å². The van der Waals surface area contributed by atoms with E-state index in [4.69, 9.17) is 9.47 Å². The Hall–Kier alpha value is -3.05. The minimum Gasteiger partial charge on any atom is -0.462 e. The highest BCUT2D eigenvalue weighted by Gasteiger charge is 2.22. The molecule has 2 aromatic heterocycles. The topological polar surface area (TPSA) is 85.1 Å². The molecular formula is C18H14FN3O3S. The number of carbonyl (C=O) groups excluding carboxylic acids is 1. The fraction of sp³-hybridized carbons (Fsp3) is 0.222. The van der Waals surface area contributed by atoms with Crippen LogP contribution in [0.5, 0.6) is 11.6 Å². The lowest BCUT2D eigenvalue weighted by Crippen LogP contribution is -2.03. The summed E-state index contributed by atoms with van der Waals surface area (Å²) >= 11 is 1.18. The second kappa shape index (κ2) is 7.06. The van der Waals surface area contributed by atoms with Gasteiger partial charge in [-0.2, -0.15) is 10.2 Å². The van der Waals surface area contributed by atoms with Crippen molar-refractivity contribution in [2.75, 3.05) is 6.61 Å². The molecule has 0 spiro atoms. The molecule has 0 aliphatic carbocycles. The highest BCUT2D eigenvalue weighted by Crippen LogP contribution is 2.38. The Balaban J connectivity index is 2.16. The number of hydrogen-bond acceptors (Lipinski definition) is 7. The van der Waals surface area contributed by atoms with Crippen LogP contribution in [-0.4, -0.2) is 22.5 Å². The van der Waals surface area contributed by atoms with Crippen molar-refractivity contribution in [2.45, 2.75) is 20.8 Å². The zero-order valence-electron chi connectivity index (χ0n) is 14.3. The molecule has 0 saturated carbocycles. The van der Waals surface area contributed by atoms with E-state index in [1.165, 1.54) is 29.5 Å². The summed E-state index contributed by atoms with van der Waals surface area (Å²) in [6.07, 6.45) is 0. The molecule has 0 unspecified atom stereocenters. The van der Waals surface area contributed by atoms with Gasteiger partial charge in [-0.15, -0.1) is 11.3 Å². The molecule has 0 aliphatic heterocycles. The quantitative estimate of drug-likeness (QED) is 0.636. The lowest BCUT2D eigenvalue weighted by atomic mass is 10.2. The van der Waals surface area contributed by atoms with Crippen molar-refractivity contribution in [1.82, 2.24) is 9.97 Å². The average Bonchev–Trinajstić information content (AvgIpc) is 2.92. The second-order valence-electron chi connectivity index (χ2n) is 5.36. The molecule has 26 heavy (non-hydrogen) atoms. The van der Waals surface area contributed by atoms with Gasteiger partial charge >= 0.3 is 5.97 Å². The number of carbonyl (C=O) groups is 1. The molecule has 132 valence electrons. The van der Waals surface area contributed by atoms with Crippen LogP contribution in [0, 0.1) is 31.0 Å². The predicted molar refractivity (Wildman–Crippen MR) is 94.0 cm³/mol. The molecule has 0 aliphatic rings. The third-order valence-electron chi connectivity index (χ3n) is 3.62. The van der Waals surface area contributed by atoms with E-state index in [-0.39, 0.29) is 23.8 Å². The maximum absolute atomic E-state index is 13.8. The lowest BCUT2D eigenvalue weighted by Gasteiger charge is -2.09. The number of halogens is 1. The van der Waals surface area contributed by atoms with E-state index in [0.717, 1.165) is 0 Å². The summed E-state index contributed by atoms with van der Waals surface area (Å²) in [6, 6.07) is 5.90. The molecule has 0 saturated heterocycles. The minimum absolute atomic E-state index is 0.0511. The van der Waals surface area contributed by atoms with Crippen molar-refractivity contribution >= 4 is 27.5 Å². The minimum atomic E-state index is -0.679. The van der Waals surface area contributed by atoms with Crippen LogP contribution >= 0.6 is 11.3 Å². The molecule has 0 atom stereocenters. The van der Waals surface area contributed by atoms with Crippen LogP contribution in [0.15, 0.2) is 18.2 Å². The van der Waals surface area contributed by atoms with E-state index < -0.39 is 11.8 Å². The van der Waals surface area contributed by atoms with Crippen LogP contribution in [-0.2, 0) is 4.74 Å². The Morgan fingerprint density at radius 2 is 2.12 bits per heavy atom. The Bertz CT molecular complexity index is 1060. The number of aromatic nitrogens is 2. The fourth-order valence-corrected chi connectivity index (χ4v) is 3.58. The predicted octanol–water partition coefficient (Wildman–Crippen LogP) is 4.29. The number of ether oxygens (including phenoxy) is 2. The van der Waals surface area contributed by atoms with Gasteiger partial charge in [0.2, 0.25) is 5.88 Å². The van der Waals surface area contributed by atoms with Gasteiger partial charge in [0.1, 0.15) is 38.7 Å². The molecule has 3 aromatic rings. The highest BCUT2D eigenvalue weighted by molar-refractivity contribution is 7.20. The average molecular weight is 371 g/mol. The van der Waals surface area contributed by atoms with Gasteiger partial charge in [0.05, 0.1) is 12.0 Å². The number of esters is 1. The van der Waals surface area contributed by atoms with Crippen molar-refractivity contribution < 1.29 is 18.7 Å². The normalized spacial score (nSPS) is 10.6. The first-order valence-electron chi connectivity index (χ1n) is 7.77. The van der Waals surface area contributed by atoms with Gasteiger partial charge in [-0.3, -0.25) is 0 Å². The molecule has 0 radical (unpaired) electrons. The lowest BCUT2D eigenvalue weighted by molar-refractivity contribution is 0.0531. The van der Waals surface area contributed by atoms with Crippen LogP contribution in [0.3, 0.4) is 0 Å². The molecule has 8 heteroatoms. The third-order valence-corrected chi connectivity index (χ3v) is 4.79. The van der Waals surface area contributed by atoms with E-state index in [0.29, 0.717) is 26.5 Å². The number of thiophene rings is 1.